The summed E-state index contributed by atoms with van der Waals surface area (Å²) in [5.74, 6) is 0.943. The molecule has 0 saturated heterocycles. The number of carbonyl (C=O) groups is 1. The number of nitrogens with two attached hydrogens (primary N) is 1. The van der Waals surface area contributed by atoms with E-state index in [0.29, 0.717) is 5.92 Å². The van der Waals surface area contributed by atoms with E-state index in [9.17, 15) is 4.79 Å². The van der Waals surface area contributed by atoms with Gasteiger partial charge in [0.05, 0.1) is 0 Å². The van der Waals surface area contributed by atoms with E-state index in [1.807, 2.05) is 38.2 Å². The monoisotopic (exact) mass is 218 g/mol. The SMILES string of the molecule is CC(C(=O)N(C)c1ccc(N)cc1)C1CC1. The Kier molecular flexibility index (Phi) is 2.86. The van der Waals surface area contributed by atoms with Crippen LogP contribution in [0.3, 0.4) is 0 Å². The summed E-state index contributed by atoms with van der Waals surface area (Å²) >= 11 is 0. The third kappa shape index (κ3) is 2.18. The Morgan fingerprint density at radius 3 is 2.44 bits per heavy atom. The second-order valence-electron chi connectivity index (χ2n) is 4.61. The molecule has 0 spiro atoms. The molecule has 1 amide bonds. The first-order chi connectivity index (χ1) is 7.59. The Labute approximate surface area is 96.2 Å². The smallest absolute Gasteiger partial charge is 0.229 e. The van der Waals surface area contributed by atoms with Crippen LogP contribution < -0.4 is 10.6 Å². The lowest BCUT2D eigenvalue weighted by atomic mass is 10.0. The minimum absolute atomic E-state index is 0.141. The zero-order chi connectivity index (χ0) is 11.7. The summed E-state index contributed by atoms with van der Waals surface area (Å²) in [6.45, 7) is 2.02. The van der Waals surface area contributed by atoms with Crippen molar-refractivity contribution in [3.63, 3.8) is 0 Å². The van der Waals surface area contributed by atoms with Gasteiger partial charge in [0.2, 0.25) is 5.91 Å². The van der Waals surface area contributed by atoms with Crippen molar-refractivity contribution >= 4 is 17.3 Å². The van der Waals surface area contributed by atoms with Crippen molar-refractivity contribution in [1.82, 2.24) is 0 Å². The molecule has 1 aromatic rings. The average Bonchev–Trinajstić information content (AvgIpc) is 3.11. The summed E-state index contributed by atoms with van der Waals surface area (Å²) in [6.07, 6.45) is 2.39. The van der Waals surface area contributed by atoms with Gasteiger partial charge in [0.15, 0.2) is 0 Å². The lowest BCUT2D eigenvalue weighted by molar-refractivity contribution is -0.122. The maximum absolute atomic E-state index is 12.1. The van der Waals surface area contributed by atoms with Crippen molar-refractivity contribution in [2.75, 3.05) is 17.7 Å². The molecule has 2 rings (SSSR count). The largest absolute Gasteiger partial charge is 0.399 e. The lowest BCUT2D eigenvalue weighted by Crippen LogP contribution is -2.32. The van der Waals surface area contributed by atoms with Gasteiger partial charge in [-0.2, -0.15) is 0 Å². The molecule has 1 aliphatic carbocycles. The fourth-order valence-corrected chi connectivity index (χ4v) is 1.93. The molecule has 0 aromatic heterocycles. The zero-order valence-electron chi connectivity index (χ0n) is 9.81. The fourth-order valence-electron chi connectivity index (χ4n) is 1.93. The van der Waals surface area contributed by atoms with Crippen molar-refractivity contribution in [3.8, 4) is 0 Å². The van der Waals surface area contributed by atoms with Gasteiger partial charge in [0.25, 0.3) is 0 Å². The Balaban J connectivity index is 2.08. The molecule has 0 aliphatic heterocycles. The summed E-state index contributed by atoms with van der Waals surface area (Å²) in [7, 11) is 1.83. The first kappa shape index (κ1) is 11.0. The van der Waals surface area contributed by atoms with Gasteiger partial charge in [-0.25, -0.2) is 0 Å². The number of amides is 1. The van der Waals surface area contributed by atoms with Gasteiger partial charge < -0.3 is 10.6 Å². The molecule has 3 nitrogen and oxygen atoms in total. The van der Waals surface area contributed by atoms with Gasteiger partial charge in [-0.05, 0) is 43.0 Å². The number of nitrogen functional groups attached to an aromatic ring is 1. The van der Waals surface area contributed by atoms with Gasteiger partial charge in [0.1, 0.15) is 0 Å². The number of rotatable bonds is 3. The Morgan fingerprint density at radius 2 is 1.94 bits per heavy atom. The molecule has 16 heavy (non-hydrogen) atoms. The minimum Gasteiger partial charge on any atom is -0.399 e. The molecule has 0 bridgehead atoms. The predicted molar refractivity (Wildman–Crippen MR) is 66.2 cm³/mol. The quantitative estimate of drug-likeness (QED) is 0.791. The summed E-state index contributed by atoms with van der Waals surface area (Å²) in [5.41, 5.74) is 7.25. The van der Waals surface area contributed by atoms with Crippen molar-refractivity contribution in [2.45, 2.75) is 19.8 Å². The standard InChI is InChI=1S/C13H18N2O/c1-9(10-3-4-10)13(16)15(2)12-7-5-11(14)6-8-12/h5-10H,3-4,14H2,1-2H3. The Hall–Kier alpha value is -1.51. The highest BCUT2D eigenvalue weighted by atomic mass is 16.2. The molecular formula is C13H18N2O. The number of benzene rings is 1. The summed E-state index contributed by atoms with van der Waals surface area (Å²) < 4.78 is 0. The molecule has 1 saturated carbocycles. The Morgan fingerprint density at radius 1 is 1.38 bits per heavy atom. The predicted octanol–water partition coefficient (Wildman–Crippen LogP) is 2.28. The zero-order valence-corrected chi connectivity index (χ0v) is 9.81. The van der Waals surface area contributed by atoms with Gasteiger partial charge in [0, 0.05) is 24.3 Å². The third-order valence-corrected chi connectivity index (χ3v) is 3.33. The highest BCUT2D eigenvalue weighted by Crippen LogP contribution is 2.37. The van der Waals surface area contributed by atoms with Crippen LogP contribution in [0.5, 0.6) is 0 Å². The van der Waals surface area contributed by atoms with Crippen LogP contribution in [-0.2, 0) is 4.79 Å². The van der Waals surface area contributed by atoms with E-state index in [2.05, 4.69) is 0 Å². The fraction of sp³-hybridized carbons (Fsp3) is 0.462. The van der Waals surface area contributed by atoms with E-state index in [0.717, 1.165) is 11.4 Å². The van der Waals surface area contributed by atoms with E-state index in [4.69, 9.17) is 5.73 Å². The number of hydrogen-bond donors (Lipinski definition) is 1. The van der Waals surface area contributed by atoms with E-state index in [-0.39, 0.29) is 11.8 Å². The second-order valence-corrected chi connectivity index (χ2v) is 4.61. The summed E-state index contributed by atoms with van der Waals surface area (Å²) in [5, 5.41) is 0. The van der Waals surface area contributed by atoms with E-state index >= 15 is 0 Å². The first-order valence-electron chi connectivity index (χ1n) is 5.72. The molecule has 0 heterocycles. The van der Waals surface area contributed by atoms with Crippen LogP contribution in [0, 0.1) is 11.8 Å². The maximum atomic E-state index is 12.1. The van der Waals surface area contributed by atoms with E-state index in [1.54, 1.807) is 4.90 Å². The highest BCUT2D eigenvalue weighted by molar-refractivity contribution is 5.94. The Bertz CT molecular complexity index is 381. The summed E-state index contributed by atoms with van der Waals surface area (Å²) in [6, 6.07) is 7.40. The molecule has 1 aliphatic rings. The van der Waals surface area contributed by atoms with Gasteiger partial charge in [-0.15, -0.1) is 0 Å². The molecule has 2 N–H and O–H groups in total. The molecule has 1 aromatic carbocycles. The molecule has 1 unspecified atom stereocenters. The van der Waals surface area contributed by atoms with Crippen LogP contribution in [0.1, 0.15) is 19.8 Å². The van der Waals surface area contributed by atoms with Crippen LogP contribution in [0.4, 0.5) is 11.4 Å². The third-order valence-electron chi connectivity index (χ3n) is 3.33. The van der Waals surface area contributed by atoms with Crippen LogP contribution in [0.2, 0.25) is 0 Å². The highest BCUT2D eigenvalue weighted by Gasteiger charge is 2.34. The molecule has 1 atom stereocenters. The molecule has 0 radical (unpaired) electrons. The molecule has 3 heteroatoms. The maximum Gasteiger partial charge on any atom is 0.229 e. The van der Waals surface area contributed by atoms with Gasteiger partial charge in [-0.1, -0.05) is 6.92 Å². The summed E-state index contributed by atoms with van der Waals surface area (Å²) in [4.78, 5) is 13.8. The van der Waals surface area contributed by atoms with Crippen molar-refractivity contribution in [3.05, 3.63) is 24.3 Å². The minimum atomic E-state index is 0.141. The number of nitrogens with zero attached hydrogens (tertiary/aromatic N) is 1. The number of carbonyl (C=O) groups excluding carboxylic acids is 1. The molecular weight excluding hydrogens is 200 g/mol. The van der Waals surface area contributed by atoms with Crippen molar-refractivity contribution < 1.29 is 4.79 Å². The lowest BCUT2D eigenvalue weighted by Gasteiger charge is -2.21. The number of hydrogen-bond acceptors (Lipinski definition) is 2. The van der Waals surface area contributed by atoms with Crippen LogP contribution in [0.15, 0.2) is 24.3 Å². The van der Waals surface area contributed by atoms with Crippen LogP contribution in [-0.4, -0.2) is 13.0 Å². The molecule has 1 fully saturated rings. The topological polar surface area (TPSA) is 46.3 Å². The average molecular weight is 218 g/mol. The van der Waals surface area contributed by atoms with Crippen molar-refractivity contribution in [1.29, 1.82) is 0 Å². The molecule has 86 valence electrons. The van der Waals surface area contributed by atoms with Crippen LogP contribution in [0.25, 0.3) is 0 Å². The number of anilines is 2. The normalized spacial score (nSPS) is 16.9. The van der Waals surface area contributed by atoms with Crippen molar-refractivity contribution in [2.24, 2.45) is 11.8 Å². The second kappa shape index (κ2) is 4.16. The van der Waals surface area contributed by atoms with E-state index < -0.39 is 0 Å². The van der Waals surface area contributed by atoms with E-state index in [1.165, 1.54) is 12.8 Å². The van der Waals surface area contributed by atoms with Gasteiger partial charge >= 0.3 is 0 Å². The van der Waals surface area contributed by atoms with Gasteiger partial charge in [-0.3, -0.25) is 4.79 Å². The van der Waals surface area contributed by atoms with Crippen LogP contribution >= 0.6 is 0 Å². The first-order valence-corrected chi connectivity index (χ1v) is 5.72.